The van der Waals surface area contributed by atoms with Gasteiger partial charge in [0.15, 0.2) is 0 Å². The summed E-state index contributed by atoms with van der Waals surface area (Å²) in [6, 6.07) is -0.190. The molecular weight excluding hydrogens is 278 g/mol. The van der Waals surface area contributed by atoms with Gasteiger partial charge in [0, 0.05) is 26.1 Å². The quantitative estimate of drug-likeness (QED) is 0.811. The fourth-order valence-corrected chi connectivity index (χ4v) is 3.60. The number of nitrogens with one attached hydrogen (secondary N) is 1. The predicted octanol–water partition coefficient (Wildman–Crippen LogP) is 1.63. The summed E-state index contributed by atoms with van der Waals surface area (Å²) in [5.41, 5.74) is 0. The second kappa shape index (κ2) is 8.51. The maximum absolute atomic E-state index is 12.8. The fraction of sp³-hybridized carbons (Fsp3) is 0.882. The Balaban J connectivity index is 1.85. The second-order valence-corrected chi connectivity index (χ2v) is 6.57. The molecule has 0 saturated carbocycles. The monoisotopic (exact) mass is 309 g/mol. The average Bonchev–Trinajstić information content (AvgIpc) is 3.02. The molecule has 5 heteroatoms. The van der Waals surface area contributed by atoms with E-state index in [2.05, 4.69) is 12.2 Å². The molecule has 1 N–H and O–H groups in total. The van der Waals surface area contributed by atoms with E-state index in [0.29, 0.717) is 12.3 Å². The van der Waals surface area contributed by atoms with Crippen LogP contribution in [0.1, 0.15) is 52.4 Å². The molecule has 0 aromatic rings. The first-order valence-electron chi connectivity index (χ1n) is 8.96. The van der Waals surface area contributed by atoms with Crippen LogP contribution in [0.2, 0.25) is 0 Å². The lowest BCUT2D eigenvalue weighted by Crippen LogP contribution is -2.50. The Kier molecular flexibility index (Phi) is 6.68. The van der Waals surface area contributed by atoms with Crippen LogP contribution in [-0.2, 0) is 9.59 Å². The van der Waals surface area contributed by atoms with Crippen LogP contribution >= 0.6 is 0 Å². The molecule has 2 saturated heterocycles. The van der Waals surface area contributed by atoms with E-state index in [1.807, 2.05) is 16.7 Å². The number of rotatable bonds is 6. The maximum atomic E-state index is 12.8. The van der Waals surface area contributed by atoms with Gasteiger partial charge in [-0.2, -0.15) is 0 Å². The molecule has 2 aliphatic heterocycles. The minimum atomic E-state index is -0.190. The van der Waals surface area contributed by atoms with Crippen molar-refractivity contribution in [3.8, 4) is 0 Å². The van der Waals surface area contributed by atoms with Gasteiger partial charge in [-0.3, -0.25) is 9.59 Å². The van der Waals surface area contributed by atoms with Gasteiger partial charge in [-0.05, 0) is 51.1 Å². The van der Waals surface area contributed by atoms with Crippen molar-refractivity contribution >= 4 is 11.8 Å². The number of amides is 2. The van der Waals surface area contributed by atoms with Gasteiger partial charge in [-0.25, -0.2) is 0 Å². The number of piperidine rings is 1. The predicted molar refractivity (Wildman–Crippen MR) is 87.5 cm³/mol. The molecule has 2 fully saturated rings. The van der Waals surface area contributed by atoms with Crippen LogP contribution in [0.25, 0.3) is 0 Å². The van der Waals surface area contributed by atoms with Crippen molar-refractivity contribution in [3.63, 3.8) is 0 Å². The molecule has 0 radical (unpaired) electrons. The normalized spacial score (nSPS) is 23.1. The molecular formula is C17H31N3O2. The van der Waals surface area contributed by atoms with Crippen molar-refractivity contribution in [2.75, 3.05) is 32.7 Å². The second-order valence-electron chi connectivity index (χ2n) is 6.57. The molecule has 0 spiro atoms. The number of likely N-dealkylation sites (tertiary alicyclic amines) is 2. The standard InChI is InChI=1S/C17H31N3O2/c1-3-6-16(21)20-10-5-7-15(20)17(22)19-11-8-14(9-12-19)13-18-4-2/h14-15,18H,3-13H2,1-2H3. The summed E-state index contributed by atoms with van der Waals surface area (Å²) in [5, 5.41) is 3.40. The Labute approximate surface area is 134 Å². The van der Waals surface area contributed by atoms with Crippen LogP contribution in [0, 0.1) is 5.92 Å². The van der Waals surface area contributed by atoms with Crippen LogP contribution < -0.4 is 5.32 Å². The summed E-state index contributed by atoms with van der Waals surface area (Å²) in [6.07, 6.45) is 5.37. The number of carbonyl (C=O) groups is 2. The smallest absolute Gasteiger partial charge is 0.245 e. The van der Waals surface area contributed by atoms with Crippen LogP contribution in [0.15, 0.2) is 0 Å². The summed E-state index contributed by atoms with van der Waals surface area (Å²) in [4.78, 5) is 28.7. The molecule has 2 heterocycles. The molecule has 0 aliphatic carbocycles. The summed E-state index contributed by atoms with van der Waals surface area (Å²) in [5.74, 6) is 1.02. The lowest BCUT2D eigenvalue weighted by Gasteiger charge is -2.35. The first kappa shape index (κ1) is 17.3. The minimum absolute atomic E-state index is 0.153. The number of carbonyl (C=O) groups excluding carboxylic acids is 2. The van der Waals surface area contributed by atoms with E-state index >= 15 is 0 Å². The van der Waals surface area contributed by atoms with Crippen molar-refractivity contribution in [2.45, 2.75) is 58.4 Å². The van der Waals surface area contributed by atoms with E-state index in [1.54, 1.807) is 0 Å². The zero-order valence-corrected chi connectivity index (χ0v) is 14.1. The molecule has 0 bridgehead atoms. The minimum Gasteiger partial charge on any atom is -0.341 e. The Morgan fingerprint density at radius 3 is 2.45 bits per heavy atom. The third kappa shape index (κ3) is 4.22. The highest BCUT2D eigenvalue weighted by molar-refractivity contribution is 5.88. The van der Waals surface area contributed by atoms with Gasteiger partial charge in [0.1, 0.15) is 6.04 Å². The van der Waals surface area contributed by atoms with Gasteiger partial charge in [0.05, 0.1) is 0 Å². The lowest BCUT2D eigenvalue weighted by atomic mass is 9.96. The molecule has 1 unspecified atom stereocenters. The molecule has 2 amide bonds. The van der Waals surface area contributed by atoms with Crippen molar-refractivity contribution in [3.05, 3.63) is 0 Å². The third-order valence-electron chi connectivity index (χ3n) is 4.93. The topological polar surface area (TPSA) is 52.7 Å². The Bertz CT molecular complexity index is 378. The highest BCUT2D eigenvalue weighted by Crippen LogP contribution is 2.24. The van der Waals surface area contributed by atoms with E-state index in [1.165, 1.54) is 0 Å². The molecule has 5 nitrogen and oxygen atoms in total. The zero-order chi connectivity index (χ0) is 15.9. The van der Waals surface area contributed by atoms with Crippen LogP contribution in [0.4, 0.5) is 0 Å². The van der Waals surface area contributed by atoms with Gasteiger partial charge >= 0.3 is 0 Å². The van der Waals surface area contributed by atoms with Crippen molar-refractivity contribution in [1.29, 1.82) is 0 Å². The molecule has 2 rings (SSSR count). The van der Waals surface area contributed by atoms with Gasteiger partial charge in [-0.1, -0.05) is 13.8 Å². The van der Waals surface area contributed by atoms with E-state index in [0.717, 1.165) is 64.8 Å². The highest BCUT2D eigenvalue weighted by Gasteiger charge is 2.36. The molecule has 126 valence electrons. The van der Waals surface area contributed by atoms with Gasteiger partial charge in [0.25, 0.3) is 0 Å². The van der Waals surface area contributed by atoms with Gasteiger partial charge < -0.3 is 15.1 Å². The summed E-state index contributed by atoms with van der Waals surface area (Å²) >= 11 is 0. The van der Waals surface area contributed by atoms with Crippen molar-refractivity contribution in [2.24, 2.45) is 5.92 Å². The van der Waals surface area contributed by atoms with Crippen LogP contribution in [-0.4, -0.2) is 60.4 Å². The summed E-state index contributed by atoms with van der Waals surface area (Å²) in [7, 11) is 0. The number of nitrogens with zero attached hydrogens (tertiary/aromatic N) is 2. The fourth-order valence-electron chi connectivity index (χ4n) is 3.60. The average molecular weight is 309 g/mol. The Hall–Kier alpha value is -1.10. The first-order chi connectivity index (χ1) is 10.7. The van der Waals surface area contributed by atoms with E-state index in [-0.39, 0.29) is 17.9 Å². The molecule has 22 heavy (non-hydrogen) atoms. The Morgan fingerprint density at radius 1 is 1.09 bits per heavy atom. The Morgan fingerprint density at radius 2 is 1.82 bits per heavy atom. The summed E-state index contributed by atoms with van der Waals surface area (Å²) in [6.45, 7) is 8.66. The summed E-state index contributed by atoms with van der Waals surface area (Å²) < 4.78 is 0. The van der Waals surface area contributed by atoms with E-state index in [9.17, 15) is 9.59 Å². The van der Waals surface area contributed by atoms with Crippen LogP contribution in [0.3, 0.4) is 0 Å². The molecule has 0 aromatic heterocycles. The van der Waals surface area contributed by atoms with E-state index < -0.39 is 0 Å². The van der Waals surface area contributed by atoms with Gasteiger partial charge in [-0.15, -0.1) is 0 Å². The maximum Gasteiger partial charge on any atom is 0.245 e. The SMILES string of the molecule is CCCC(=O)N1CCCC1C(=O)N1CCC(CNCC)CC1. The van der Waals surface area contributed by atoms with Gasteiger partial charge in [0.2, 0.25) is 11.8 Å². The van der Waals surface area contributed by atoms with Crippen molar-refractivity contribution < 1.29 is 9.59 Å². The third-order valence-corrected chi connectivity index (χ3v) is 4.93. The highest BCUT2D eigenvalue weighted by atomic mass is 16.2. The van der Waals surface area contributed by atoms with E-state index in [4.69, 9.17) is 0 Å². The van der Waals surface area contributed by atoms with Crippen LogP contribution in [0.5, 0.6) is 0 Å². The zero-order valence-electron chi connectivity index (χ0n) is 14.1. The molecule has 0 aromatic carbocycles. The van der Waals surface area contributed by atoms with Crippen molar-refractivity contribution in [1.82, 2.24) is 15.1 Å². The first-order valence-corrected chi connectivity index (χ1v) is 8.96. The number of hydrogen-bond acceptors (Lipinski definition) is 3. The lowest BCUT2D eigenvalue weighted by molar-refractivity contribution is -0.144. The number of hydrogen-bond donors (Lipinski definition) is 1. The molecule has 1 atom stereocenters. The largest absolute Gasteiger partial charge is 0.341 e. The molecule has 2 aliphatic rings.